The minimum atomic E-state index is -0.583. The van der Waals surface area contributed by atoms with Crippen LogP contribution in [0.25, 0.3) is 22.2 Å². The van der Waals surface area contributed by atoms with Gasteiger partial charge in [-0.1, -0.05) is 32.0 Å². The number of aryl methyl sites for hydroxylation is 1. The second-order valence-corrected chi connectivity index (χ2v) is 9.40. The fourth-order valence-corrected chi connectivity index (χ4v) is 4.62. The number of H-pyrrole nitrogens is 1. The van der Waals surface area contributed by atoms with Gasteiger partial charge in [0.2, 0.25) is 11.8 Å². The molecule has 0 saturated carbocycles. The summed E-state index contributed by atoms with van der Waals surface area (Å²) in [7, 11) is 1.73. The lowest BCUT2D eigenvalue weighted by atomic mass is 10.0. The van der Waals surface area contributed by atoms with Crippen LogP contribution in [0.3, 0.4) is 0 Å². The van der Waals surface area contributed by atoms with Crippen LogP contribution in [-0.2, 0) is 9.59 Å². The van der Waals surface area contributed by atoms with E-state index in [-0.39, 0.29) is 29.8 Å². The number of carbonyl (C=O) groups is 2. The molecule has 34 heavy (non-hydrogen) atoms. The highest BCUT2D eigenvalue weighted by molar-refractivity contribution is 5.94. The Morgan fingerprint density at radius 3 is 2.68 bits per heavy atom. The van der Waals surface area contributed by atoms with E-state index in [0.29, 0.717) is 12.4 Å². The summed E-state index contributed by atoms with van der Waals surface area (Å²) >= 11 is 0. The zero-order valence-electron chi connectivity index (χ0n) is 20.6. The van der Waals surface area contributed by atoms with Gasteiger partial charge in [0, 0.05) is 29.2 Å². The van der Waals surface area contributed by atoms with Crippen molar-refractivity contribution in [2.75, 3.05) is 13.6 Å². The van der Waals surface area contributed by atoms with Gasteiger partial charge < -0.3 is 20.5 Å². The van der Waals surface area contributed by atoms with Gasteiger partial charge in [-0.3, -0.25) is 9.59 Å². The molecule has 3 heterocycles. The van der Waals surface area contributed by atoms with Crippen molar-refractivity contribution >= 4 is 22.7 Å². The van der Waals surface area contributed by atoms with Crippen LogP contribution in [0.1, 0.15) is 51.2 Å². The molecule has 1 fully saturated rings. The molecule has 3 atom stereocenters. The zero-order valence-corrected chi connectivity index (χ0v) is 20.6. The molecule has 2 aromatic heterocycles. The van der Waals surface area contributed by atoms with Gasteiger partial charge in [0.05, 0.1) is 23.5 Å². The van der Waals surface area contributed by atoms with Crippen LogP contribution in [-0.4, -0.2) is 57.3 Å². The number of likely N-dealkylation sites (N-methyl/N-ethyl adjacent to an activating group) is 1. The van der Waals surface area contributed by atoms with E-state index in [1.54, 1.807) is 14.0 Å². The third-order valence-corrected chi connectivity index (χ3v) is 6.66. The van der Waals surface area contributed by atoms with Gasteiger partial charge in [-0.15, -0.1) is 0 Å². The Hall–Kier alpha value is -3.26. The molecule has 0 spiro atoms. The number of hydrogen-bond acceptors (Lipinski definition) is 5. The standard InChI is InChI=1S/C26H34N6O2/c1-15(2)24(31-25(33)16(3)27-5)26(34)32-12-8-11-23(32)22-13-21(29-17(4)30-22)19-14-28-20-10-7-6-9-18(19)20/h6-7,9-10,13-16,23-24,27-28H,8,11-12H2,1-5H3,(H,31,33)/t16-,23-,24-/m0/s1. The normalized spacial score (nSPS) is 17.8. The maximum absolute atomic E-state index is 13.6. The largest absolute Gasteiger partial charge is 0.360 e. The number of carbonyl (C=O) groups excluding carboxylic acids is 2. The summed E-state index contributed by atoms with van der Waals surface area (Å²) in [6.07, 6.45) is 3.70. The Labute approximate surface area is 200 Å². The molecule has 3 N–H and O–H groups in total. The number of benzene rings is 1. The number of nitrogens with one attached hydrogen (secondary N) is 3. The molecule has 3 aromatic rings. The lowest BCUT2D eigenvalue weighted by Gasteiger charge is -2.31. The second-order valence-electron chi connectivity index (χ2n) is 9.40. The van der Waals surface area contributed by atoms with Gasteiger partial charge >= 0.3 is 0 Å². The first-order valence-corrected chi connectivity index (χ1v) is 12.0. The van der Waals surface area contributed by atoms with E-state index in [9.17, 15) is 9.59 Å². The second kappa shape index (κ2) is 9.93. The molecule has 2 amide bonds. The van der Waals surface area contributed by atoms with Crippen LogP contribution >= 0.6 is 0 Å². The molecule has 0 radical (unpaired) electrons. The number of aromatic amines is 1. The van der Waals surface area contributed by atoms with Crippen molar-refractivity contribution in [2.24, 2.45) is 5.92 Å². The Balaban J connectivity index is 1.64. The zero-order chi connectivity index (χ0) is 24.4. The van der Waals surface area contributed by atoms with E-state index in [1.807, 2.05) is 56.1 Å². The number of fused-ring (bicyclic) bond motifs is 1. The number of para-hydroxylation sites is 1. The molecule has 8 heteroatoms. The monoisotopic (exact) mass is 462 g/mol. The molecule has 0 aliphatic carbocycles. The molecule has 1 aromatic carbocycles. The maximum atomic E-state index is 13.6. The van der Waals surface area contributed by atoms with Crippen LogP contribution in [0.4, 0.5) is 0 Å². The maximum Gasteiger partial charge on any atom is 0.245 e. The minimum Gasteiger partial charge on any atom is -0.360 e. The van der Waals surface area contributed by atoms with Crippen molar-refractivity contribution in [3.05, 3.63) is 48.0 Å². The highest BCUT2D eigenvalue weighted by atomic mass is 16.2. The van der Waals surface area contributed by atoms with E-state index in [2.05, 4.69) is 21.7 Å². The summed E-state index contributed by atoms with van der Waals surface area (Å²) in [5, 5.41) is 6.99. The van der Waals surface area contributed by atoms with Crippen LogP contribution in [0.15, 0.2) is 36.5 Å². The average Bonchev–Trinajstić information content (AvgIpc) is 3.48. The van der Waals surface area contributed by atoms with Crippen molar-refractivity contribution in [2.45, 2.75) is 58.7 Å². The number of aromatic nitrogens is 3. The van der Waals surface area contributed by atoms with E-state index in [0.717, 1.165) is 40.7 Å². The molecular weight excluding hydrogens is 428 g/mol. The molecular formula is C26H34N6O2. The van der Waals surface area contributed by atoms with E-state index >= 15 is 0 Å². The average molecular weight is 463 g/mol. The van der Waals surface area contributed by atoms with Gasteiger partial charge in [-0.25, -0.2) is 9.97 Å². The predicted molar refractivity (Wildman–Crippen MR) is 133 cm³/mol. The van der Waals surface area contributed by atoms with Gasteiger partial charge in [0.25, 0.3) is 0 Å². The summed E-state index contributed by atoms with van der Waals surface area (Å²) in [6.45, 7) is 8.24. The Bertz CT molecular complexity index is 1190. The Morgan fingerprint density at radius 1 is 1.18 bits per heavy atom. The SMILES string of the molecule is CN[C@@H](C)C(=O)N[C@H](C(=O)N1CCC[C@H]1c1cc(-c2c[nH]c3ccccc23)nc(C)n1)C(C)C. The third kappa shape index (κ3) is 4.68. The summed E-state index contributed by atoms with van der Waals surface area (Å²) < 4.78 is 0. The topological polar surface area (TPSA) is 103 Å². The molecule has 180 valence electrons. The molecule has 1 saturated heterocycles. The first-order chi connectivity index (χ1) is 16.3. The van der Waals surface area contributed by atoms with Crippen LogP contribution < -0.4 is 10.6 Å². The molecule has 1 aliphatic heterocycles. The van der Waals surface area contributed by atoms with Crippen molar-refractivity contribution in [1.82, 2.24) is 30.5 Å². The van der Waals surface area contributed by atoms with Gasteiger partial charge in [-0.2, -0.15) is 0 Å². The fourth-order valence-electron chi connectivity index (χ4n) is 4.62. The van der Waals surface area contributed by atoms with Crippen LogP contribution in [0.2, 0.25) is 0 Å². The van der Waals surface area contributed by atoms with Gasteiger partial charge in [0.15, 0.2) is 0 Å². The Kier molecular flexibility index (Phi) is 6.97. The van der Waals surface area contributed by atoms with Crippen molar-refractivity contribution in [3.63, 3.8) is 0 Å². The lowest BCUT2D eigenvalue weighted by Crippen LogP contribution is -2.54. The van der Waals surface area contributed by atoms with Gasteiger partial charge in [-0.05, 0) is 51.8 Å². The summed E-state index contributed by atoms with van der Waals surface area (Å²) in [6, 6.07) is 9.05. The molecule has 1 aliphatic rings. The predicted octanol–water partition coefficient (Wildman–Crippen LogP) is 3.35. The molecule has 0 bridgehead atoms. The minimum absolute atomic E-state index is 0.0318. The van der Waals surface area contributed by atoms with Gasteiger partial charge in [0.1, 0.15) is 11.9 Å². The summed E-state index contributed by atoms with van der Waals surface area (Å²) in [4.78, 5) is 40.8. The van der Waals surface area contributed by atoms with Crippen molar-refractivity contribution < 1.29 is 9.59 Å². The van der Waals surface area contributed by atoms with E-state index in [1.165, 1.54) is 0 Å². The number of hydrogen-bond donors (Lipinski definition) is 3. The molecule has 8 nitrogen and oxygen atoms in total. The summed E-state index contributed by atoms with van der Waals surface area (Å²) in [5.74, 6) is 0.410. The third-order valence-electron chi connectivity index (χ3n) is 6.66. The van der Waals surface area contributed by atoms with E-state index in [4.69, 9.17) is 9.97 Å². The first kappa shape index (κ1) is 23.9. The van der Waals surface area contributed by atoms with Crippen molar-refractivity contribution in [1.29, 1.82) is 0 Å². The first-order valence-electron chi connectivity index (χ1n) is 12.0. The van der Waals surface area contributed by atoms with Crippen molar-refractivity contribution in [3.8, 4) is 11.3 Å². The number of likely N-dealkylation sites (tertiary alicyclic amines) is 1. The fraction of sp³-hybridized carbons (Fsp3) is 0.462. The number of amides is 2. The highest BCUT2D eigenvalue weighted by Gasteiger charge is 2.37. The van der Waals surface area contributed by atoms with Crippen LogP contribution in [0, 0.1) is 12.8 Å². The molecule has 0 unspecified atom stereocenters. The quantitative estimate of drug-likeness (QED) is 0.500. The number of rotatable bonds is 7. The summed E-state index contributed by atoms with van der Waals surface area (Å²) in [5.41, 5.74) is 3.76. The number of nitrogens with zero attached hydrogens (tertiary/aromatic N) is 3. The highest BCUT2D eigenvalue weighted by Crippen LogP contribution is 2.35. The van der Waals surface area contributed by atoms with E-state index < -0.39 is 6.04 Å². The Morgan fingerprint density at radius 2 is 1.94 bits per heavy atom. The van der Waals surface area contributed by atoms with Crippen LogP contribution in [0.5, 0.6) is 0 Å². The smallest absolute Gasteiger partial charge is 0.245 e. The molecule has 4 rings (SSSR count). The lowest BCUT2D eigenvalue weighted by molar-refractivity contribution is -0.139.